The molecule has 0 bridgehead atoms. The molecule has 0 aliphatic rings. The molecule has 3 rings (SSSR count). The lowest BCUT2D eigenvalue weighted by atomic mass is 10.3. The monoisotopic (exact) mass is 187 g/mol. The maximum absolute atomic E-state index is 4.42. The van der Waals surface area contributed by atoms with E-state index in [9.17, 15) is 0 Å². The van der Waals surface area contributed by atoms with Gasteiger partial charge in [-0.3, -0.25) is 0 Å². The van der Waals surface area contributed by atoms with Crippen molar-refractivity contribution in [3.63, 3.8) is 0 Å². The fourth-order valence-corrected chi connectivity index (χ4v) is 2.06. The van der Waals surface area contributed by atoms with Gasteiger partial charge in [-0.05, 0) is 17.5 Å². The van der Waals surface area contributed by atoms with Gasteiger partial charge in [-0.25, -0.2) is 15.0 Å². The van der Waals surface area contributed by atoms with Crippen molar-refractivity contribution in [2.24, 2.45) is 0 Å². The van der Waals surface area contributed by atoms with Gasteiger partial charge in [-0.1, -0.05) is 0 Å². The fraction of sp³-hybridized carbons (Fsp3) is 0. The van der Waals surface area contributed by atoms with Gasteiger partial charge in [-0.15, -0.1) is 11.3 Å². The van der Waals surface area contributed by atoms with Crippen LogP contribution in [-0.4, -0.2) is 15.0 Å². The number of aromatic nitrogens is 3. The molecular weight excluding hydrogens is 182 g/mol. The summed E-state index contributed by atoms with van der Waals surface area (Å²) in [6, 6.07) is 4.05. The standard InChI is InChI=1S/C9H5N3S/c1-2-13-9-3-7-8(12-6(1)9)4-10-5-11-7/h1-5H. The Morgan fingerprint density at radius 2 is 2.15 bits per heavy atom. The molecule has 0 amide bonds. The summed E-state index contributed by atoms with van der Waals surface area (Å²) in [6.45, 7) is 0. The van der Waals surface area contributed by atoms with Crippen molar-refractivity contribution in [1.82, 2.24) is 15.0 Å². The van der Waals surface area contributed by atoms with E-state index in [-0.39, 0.29) is 0 Å². The number of pyridine rings is 1. The Labute approximate surface area is 78.1 Å². The van der Waals surface area contributed by atoms with E-state index in [4.69, 9.17) is 0 Å². The van der Waals surface area contributed by atoms with Crippen LogP contribution in [-0.2, 0) is 0 Å². The molecule has 0 spiro atoms. The molecule has 62 valence electrons. The SMILES string of the molecule is c1ncc2nc3ccsc3cc2n1. The molecule has 3 heterocycles. The summed E-state index contributed by atoms with van der Waals surface area (Å²) in [5, 5.41) is 2.03. The number of fused-ring (bicyclic) bond motifs is 2. The Bertz CT molecular complexity index is 523. The fourth-order valence-electron chi connectivity index (χ4n) is 1.30. The summed E-state index contributed by atoms with van der Waals surface area (Å²) >= 11 is 1.68. The molecule has 13 heavy (non-hydrogen) atoms. The zero-order valence-electron chi connectivity index (χ0n) is 6.64. The number of rotatable bonds is 0. The van der Waals surface area contributed by atoms with E-state index in [1.807, 2.05) is 17.5 Å². The molecule has 0 saturated heterocycles. The van der Waals surface area contributed by atoms with Crippen LogP contribution in [0.15, 0.2) is 30.0 Å². The van der Waals surface area contributed by atoms with Crippen LogP contribution in [0.3, 0.4) is 0 Å². The summed E-state index contributed by atoms with van der Waals surface area (Å²) in [4.78, 5) is 12.5. The molecule has 0 aliphatic carbocycles. The Morgan fingerprint density at radius 1 is 1.15 bits per heavy atom. The predicted molar refractivity (Wildman–Crippen MR) is 52.7 cm³/mol. The second-order valence-corrected chi connectivity index (χ2v) is 3.67. The maximum Gasteiger partial charge on any atom is 0.116 e. The van der Waals surface area contributed by atoms with E-state index < -0.39 is 0 Å². The van der Waals surface area contributed by atoms with Gasteiger partial charge in [0.1, 0.15) is 11.8 Å². The molecule has 3 nitrogen and oxygen atoms in total. The Morgan fingerprint density at radius 3 is 3.15 bits per heavy atom. The highest BCUT2D eigenvalue weighted by Gasteiger charge is 2.00. The molecule has 0 N–H and O–H groups in total. The summed E-state index contributed by atoms with van der Waals surface area (Å²) in [6.07, 6.45) is 3.28. The van der Waals surface area contributed by atoms with Gasteiger partial charge in [0, 0.05) is 0 Å². The third kappa shape index (κ3) is 0.990. The van der Waals surface area contributed by atoms with Crippen LogP contribution < -0.4 is 0 Å². The molecule has 0 aliphatic heterocycles. The Hall–Kier alpha value is -1.55. The van der Waals surface area contributed by atoms with Crippen LogP contribution in [0, 0.1) is 0 Å². The van der Waals surface area contributed by atoms with Crippen LogP contribution in [0.25, 0.3) is 21.3 Å². The van der Waals surface area contributed by atoms with Gasteiger partial charge < -0.3 is 0 Å². The first kappa shape index (κ1) is 6.91. The van der Waals surface area contributed by atoms with Crippen molar-refractivity contribution < 1.29 is 0 Å². The Balaban J connectivity index is 2.57. The number of hydrogen-bond donors (Lipinski definition) is 0. The van der Waals surface area contributed by atoms with Crippen LogP contribution in [0.2, 0.25) is 0 Å². The summed E-state index contributed by atoms with van der Waals surface area (Å²) in [5.41, 5.74) is 2.78. The highest BCUT2D eigenvalue weighted by Crippen LogP contribution is 2.21. The average Bonchev–Trinajstić information content (AvgIpc) is 2.61. The van der Waals surface area contributed by atoms with Crippen molar-refractivity contribution >= 4 is 32.6 Å². The summed E-state index contributed by atoms with van der Waals surface area (Å²) in [5.74, 6) is 0. The lowest BCUT2D eigenvalue weighted by Gasteiger charge is -1.94. The minimum atomic E-state index is 0.855. The maximum atomic E-state index is 4.42. The van der Waals surface area contributed by atoms with Crippen LogP contribution >= 0.6 is 11.3 Å². The second-order valence-electron chi connectivity index (χ2n) is 2.72. The molecule has 3 aromatic heterocycles. The van der Waals surface area contributed by atoms with Crippen molar-refractivity contribution in [3.05, 3.63) is 30.0 Å². The van der Waals surface area contributed by atoms with Gasteiger partial charge in [0.05, 0.1) is 21.9 Å². The molecule has 0 unspecified atom stereocenters. The number of thiophene rings is 1. The van der Waals surface area contributed by atoms with Crippen LogP contribution in [0.4, 0.5) is 0 Å². The van der Waals surface area contributed by atoms with Crippen molar-refractivity contribution in [3.8, 4) is 0 Å². The highest BCUT2D eigenvalue weighted by atomic mass is 32.1. The van der Waals surface area contributed by atoms with E-state index in [0.29, 0.717) is 0 Å². The minimum absolute atomic E-state index is 0.855. The lowest BCUT2D eigenvalue weighted by Crippen LogP contribution is -1.83. The lowest BCUT2D eigenvalue weighted by molar-refractivity contribution is 1.21. The third-order valence-corrected chi connectivity index (χ3v) is 2.76. The van der Waals surface area contributed by atoms with Crippen molar-refractivity contribution in [2.75, 3.05) is 0 Å². The zero-order valence-corrected chi connectivity index (χ0v) is 7.45. The zero-order chi connectivity index (χ0) is 8.67. The van der Waals surface area contributed by atoms with E-state index >= 15 is 0 Å². The van der Waals surface area contributed by atoms with Gasteiger partial charge in [0.15, 0.2) is 0 Å². The first-order valence-corrected chi connectivity index (χ1v) is 4.75. The first-order chi connectivity index (χ1) is 6.43. The van der Waals surface area contributed by atoms with Crippen molar-refractivity contribution in [1.29, 1.82) is 0 Å². The first-order valence-electron chi connectivity index (χ1n) is 3.87. The van der Waals surface area contributed by atoms with E-state index in [2.05, 4.69) is 15.0 Å². The summed E-state index contributed by atoms with van der Waals surface area (Å²) in [7, 11) is 0. The Kier molecular flexibility index (Phi) is 1.31. The molecule has 4 heteroatoms. The second kappa shape index (κ2) is 2.47. The number of nitrogens with zero attached hydrogens (tertiary/aromatic N) is 3. The molecule has 0 saturated carbocycles. The minimum Gasteiger partial charge on any atom is -0.244 e. The summed E-state index contributed by atoms with van der Waals surface area (Å²) < 4.78 is 1.17. The topological polar surface area (TPSA) is 38.7 Å². The van der Waals surface area contributed by atoms with Crippen LogP contribution in [0.5, 0.6) is 0 Å². The van der Waals surface area contributed by atoms with E-state index in [1.54, 1.807) is 23.9 Å². The normalized spacial score (nSPS) is 11.1. The molecule has 0 aromatic carbocycles. The molecule has 0 fully saturated rings. The van der Waals surface area contributed by atoms with Crippen LogP contribution in [0.1, 0.15) is 0 Å². The van der Waals surface area contributed by atoms with Gasteiger partial charge in [0.2, 0.25) is 0 Å². The average molecular weight is 187 g/mol. The number of hydrogen-bond acceptors (Lipinski definition) is 4. The molecule has 3 aromatic rings. The third-order valence-electron chi connectivity index (χ3n) is 1.90. The van der Waals surface area contributed by atoms with Gasteiger partial charge in [-0.2, -0.15) is 0 Å². The quantitative estimate of drug-likeness (QED) is 0.541. The smallest absolute Gasteiger partial charge is 0.116 e. The van der Waals surface area contributed by atoms with Gasteiger partial charge in [0.25, 0.3) is 0 Å². The molecule has 0 atom stereocenters. The van der Waals surface area contributed by atoms with Gasteiger partial charge >= 0.3 is 0 Å². The van der Waals surface area contributed by atoms with Crippen molar-refractivity contribution in [2.45, 2.75) is 0 Å². The largest absolute Gasteiger partial charge is 0.244 e. The highest BCUT2D eigenvalue weighted by molar-refractivity contribution is 7.17. The molecular formula is C9H5N3S. The molecule has 0 radical (unpaired) electrons. The van der Waals surface area contributed by atoms with E-state index in [0.717, 1.165) is 16.6 Å². The van der Waals surface area contributed by atoms with E-state index in [1.165, 1.54) is 4.70 Å². The predicted octanol–water partition coefficient (Wildman–Crippen LogP) is 2.24.